The van der Waals surface area contributed by atoms with E-state index < -0.39 is 5.91 Å². The monoisotopic (exact) mass is 175 g/mol. The molecule has 0 atom stereocenters. The van der Waals surface area contributed by atoms with Crippen LogP contribution >= 0.6 is 0 Å². The number of carbonyl (C=O) groups excluding carboxylic acids is 1. The maximum absolute atomic E-state index is 10.3. The summed E-state index contributed by atoms with van der Waals surface area (Å²) in [6.45, 7) is 0. The number of carbonyl (C=O) groups is 1. The third-order valence-corrected chi connectivity index (χ3v) is 1.40. The molecular formula is C10H9NO2. The van der Waals surface area contributed by atoms with Gasteiger partial charge in [-0.3, -0.25) is 4.79 Å². The van der Waals surface area contributed by atoms with E-state index in [4.69, 9.17) is 10.5 Å². The molecule has 3 heteroatoms. The van der Waals surface area contributed by atoms with Gasteiger partial charge in [-0.25, -0.2) is 0 Å². The largest absolute Gasteiger partial charge is 0.497 e. The Bertz CT molecular complexity index is 374. The average molecular weight is 175 g/mol. The molecule has 0 fully saturated rings. The smallest absolute Gasteiger partial charge is 0.293 e. The summed E-state index contributed by atoms with van der Waals surface area (Å²) in [5, 5.41) is 0. The first-order valence-corrected chi connectivity index (χ1v) is 3.68. The minimum Gasteiger partial charge on any atom is -0.497 e. The Kier molecular flexibility index (Phi) is 2.93. The number of rotatable bonds is 1. The van der Waals surface area contributed by atoms with Gasteiger partial charge in [-0.05, 0) is 24.1 Å². The van der Waals surface area contributed by atoms with Gasteiger partial charge in [0.1, 0.15) is 5.75 Å². The maximum Gasteiger partial charge on any atom is 0.293 e. The molecule has 13 heavy (non-hydrogen) atoms. The van der Waals surface area contributed by atoms with Gasteiger partial charge in [0.15, 0.2) is 0 Å². The van der Waals surface area contributed by atoms with Crippen molar-refractivity contribution < 1.29 is 9.53 Å². The van der Waals surface area contributed by atoms with Crippen LogP contribution in [-0.2, 0) is 4.79 Å². The van der Waals surface area contributed by atoms with E-state index in [9.17, 15) is 4.79 Å². The normalized spacial score (nSPS) is 8.38. The van der Waals surface area contributed by atoms with E-state index in [1.165, 1.54) is 0 Å². The van der Waals surface area contributed by atoms with E-state index in [0.717, 1.165) is 0 Å². The number of amides is 1. The van der Waals surface area contributed by atoms with Crippen LogP contribution in [0, 0.1) is 11.8 Å². The second-order valence-corrected chi connectivity index (χ2v) is 2.35. The molecule has 0 unspecified atom stereocenters. The Morgan fingerprint density at radius 1 is 1.54 bits per heavy atom. The maximum atomic E-state index is 10.3. The fraction of sp³-hybridized carbons (Fsp3) is 0.100. The molecule has 0 saturated carbocycles. The minimum absolute atomic E-state index is 0.636. The molecule has 0 heterocycles. The summed E-state index contributed by atoms with van der Waals surface area (Å²) >= 11 is 0. The molecule has 0 aromatic heterocycles. The standard InChI is InChI=1S/C10H9NO2/c1-13-9-4-2-3-8(7-9)5-6-10(11)12/h2-4,7H,1H3,(H2,11,12). The van der Waals surface area contributed by atoms with Crippen LogP contribution in [0.4, 0.5) is 0 Å². The van der Waals surface area contributed by atoms with Crippen molar-refractivity contribution in [2.75, 3.05) is 7.11 Å². The highest BCUT2D eigenvalue weighted by molar-refractivity contribution is 5.92. The van der Waals surface area contributed by atoms with Gasteiger partial charge in [-0.15, -0.1) is 0 Å². The minimum atomic E-state index is -0.636. The Morgan fingerprint density at radius 3 is 2.92 bits per heavy atom. The van der Waals surface area contributed by atoms with Crippen molar-refractivity contribution in [1.29, 1.82) is 0 Å². The second-order valence-electron chi connectivity index (χ2n) is 2.35. The molecule has 2 N–H and O–H groups in total. The van der Waals surface area contributed by atoms with Crippen molar-refractivity contribution in [2.24, 2.45) is 5.73 Å². The van der Waals surface area contributed by atoms with Crippen molar-refractivity contribution in [2.45, 2.75) is 0 Å². The molecule has 1 aromatic rings. The lowest BCUT2D eigenvalue weighted by Gasteiger charge is -1.97. The molecule has 1 rings (SSSR count). The molecule has 0 spiro atoms. The molecule has 66 valence electrons. The van der Waals surface area contributed by atoms with Crippen LogP contribution in [0.2, 0.25) is 0 Å². The first kappa shape index (κ1) is 9.14. The number of ether oxygens (including phenoxy) is 1. The molecule has 0 radical (unpaired) electrons. The van der Waals surface area contributed by atoms with Crippen LogP contribution in [0.5, 0.6) is 5.75 Å². The average Bonchev–Trinajstić information content (AvgIpc) is 2.15. The zero-order valence-electron chi connectivity index (χ0n) is 7.20. The van der Waals surface area contributed by atoms with E-state index in [1.54, 1.807) is 31.4 Å². The number of primary amides is 1. The summed E-state index contributed by atoms with van der Waals surface area (Å²) < 4.78 is 4.98. The molecule has 0 bridgehead atoms. The summed E-state index contributed by atoms with van der Waals surface area (Å²) in [4.78, 5) is 10.3. The van der Waals surface area contributed by atoms with Gasteiger partial charge >= 0.3 is 0 Å². The highest BCUT2D eigenvalue weighted by atomic mass is 16.5. The predicted octanol–water partition coefficient (Wildman–Crippen LogP) is 0.532. The Hall–Kier alpha value is -1.95. The molecule has 0 saturated heterocycles. The summed E-state index contributed by atoms with van der Waals surface area (Å²) in [6, 6.07) is 7.10. The van der Waals surface area contributed by atoms with Gasteiger partial charge in [-0.2, -0.15) is 0 Å². The second kappa shape index (κ2) is 4.17. The Balaban J connectivity index is 2.91. The Labute approximate surface area is 76.5 Å². The van der Waals surface area contributed by atoms with Gasteiger partial charge < -0.3 is 10.5 Å². The Morgan fingerprint density at radius 2 is 2.31 bits per heavy atom. The number of hydrogen-bond acceptors (Lipinski definition) is 2. The van der Waals surface area contributed by atoms with Crippen LogP contribution < -0.4 is 10.5 Å². The van der Waals surface area contributed by atoms with Crippen molar-refractivity contribution in [3.63, 3.8) is 0 Å². The lowest BCUT2D eigenvalue weighted by atomic mass is 10.2. The summed E-state index contributed by atoms with van der Waals surface area (Å²) in [5.41, 5.74) is 5.57. The van der Waals surface area contributed by atoms with Gasteiger partial charge in [0, 0.05) is 5.56 Å². The highest BCUT2D eigenvalue weighted by Crippen LogP contribution is 2.10. The summed E-state index contributed by atoms with van der Waals surface area (Å²) in [6.07, 6.45) is 0. The lowest BCUT2D eigenvalue weighted by molar-refractivity contribution is -0.112. The molecule has 1 amide bonds. The molecule has 0 aliphatic rings. The van der Waals surface area contributed by atoms with Gasteiger partial charge in [0.2, 0.25) is 0 Å². The van der Waals surface area contributed by atoms with Crippen molar-refractivity contribution in [3.8, 4) is 17.6 Å². The van der Waals surface area contributed by atoms with Crippen molar-refractivity contribution in [3.05, 3.63) is 29.8 Å². The molecule has 0 aliphatic heterocycles. The summed E-state index contributed by atoms with van der Waals surface area (Å²) in [5.74, 6) is 4.93. The molecular weight excluding hydrogens is 166 g/mol. The molecule has 3 nitrogen and oxygen atoms in total. The van der Waals surface area contributed by atoms with E-state index in [0.29, 0.717) is 11.3 Å². The van der Waals surface area contributed by atoms with Crippen LogP contribution in [0.3, 0.4) is 0 Å². The third kappa shape index (κ3) is 2.88. The SMILES string of the molecule is COc1cccc(C#CC(N)=O)c1. The predicted molar refractivity (Wildman–Crippen MR) is 49.1 cm³/mol. The highest BCUT2D eigenvalue weighted by Gasteiger charge is 1.91. The summed E-state index contributed by atoms with van der Waals surface area (Å²) in [7, 11) is 1.57. The zero-order chi connectivity index (χ0) is 9.68. The van der Waals surface area contributed by atoms with Crippen LogP contribution in [0.25, 0.3) is 0 Å². The number of methoxy groups -OCH3 is 1. The third-order valence-electron chi connectivity index (χ3n) is 1.40. The first-order chi connectivity index (χ1) is 6.22. The molecule has 1 aromatic carbocycles. The van der Waals surface area contributed by atoms with Gasteiger partial charge in [0.25, 0.3) is 5.91 Å². The number of nitrogens with two attached hydrogens (primary N) is 1. The first-order valence-electron chi connectivity index (χ1n) is 3.68. The fourth-order valence-corrected chi connectivity index (χ4v) is 0.835. The van der Waals surface area contributed by atoms with Crippen LogP contribution in [-0.4, -0.2) is 13.0 Å². The van der Waals surface area contributed by atoms with E-state index >= 15 is 0 Å². The van der Waals surface area contributed by atoms with Gasteiger partial charge in [0.05, 0.1) is 7.11 Å². The quantitative estimate of drug-likeness (QED) is 0.633. The van der Waals surface area contributed by atoms with E-state index in [2.05, 4.69) is 11.8 Å². The van der Waals surface area contributed by atoms with Crippen LogP contribution in [0.15, 0.2) is 24.3 Å². The molecule has 0 aliphatic carbocycles. The van der Waals surface area contributed by atoms with E-state index in [1.807, 2.05) is 0 Å². The van der Waals surface area contributed by atoms with Gasteiger partial charge in [-0.1, -0.05) is 12.0 Å². The van der Waals surface area contributed by atoms with Crippen molar-refractivity contribution >= 4 is 5.91 Å². The van der Waals surface area contributed by atoms with E-state index in [-0.39, 0.29) is 0 Å². The van der Waals surface area contributed by atoms with Crippen LogP contribution in [0.1, 0.15) is 5.56 Å². The lowest BCUT2D eigenvalue weighted by Crippen LogP contribution is -2.06. The van der Waals surface area contributed by atoms with Crippen molar-refractivity contribution in [1.82, 2.24) is 0 Å². The fourth-order valence-electron chi connectivity index (χ4n) is 0.835. The zero-order valence-corrected chi connectivity index (χ0v) is 7.20. The number of benzene rings is 1. The number of hydrogen-bond donors (Lipinski definition) is 1. The topological polar surface area (TPSA) is 52.3 Å².